The van der Waals surface area contributed by atoms with E-state index in [-0.39, 0.29) is 5.75 Å². The largest absolute Gasteiger partial charge is 0.508 e. The number of rotatable bonds is 8. The number of aromatic hydroxyl groups is 1. The van der Waals surface area contributed by atoms with E-state index in [9.17, 15) is 13.5 Å². The molecule has 0 aromatic heterocycles. The summed E-state index contributed by atoms with van der Waals surface area (Å²) < 4.78 is 24.2. The predicted octanol–water partition coefficient (Wildman–Crippen LogP) is 1.15. The van der Waals surface area contributed by atoms with Gasteiger partial charge >= 0.3 is 0 Å². The lowest BCUT2D eigenvalue weighted by atomic mass is 10.2. The smallest absolute Gasteiger partial charge is 0.211 e. The van der Waals surface area contributed by atoms with Gasteiger partial charge in [0.2, 0.25) is 10.0 Å². The van der Waals surface area contributed by atoms with Crippen LogP contribution in [-0.2, 0) is 16.6 Å². The van der Waals surface area contributed by atoms with Crippen molar-refractivity contribution < 1.29 is 13.5 Å². The summed E-state index contributed by atoms with van der Waals surface area (Å²) in [6.45, 7) is 4.27. The highest BCUT2D eigenvalue weighted by Crippen LogP contribution is 2.10. The maximum Gasteiger partial charge on any atom is 0.211 e. The van der Waals surface area contributed by atoms with Crippen LogP contribution in [0.2, 0.25) is 0 Å². The number of benzene rings is 1. The molecule has 0 saturated carbocycles. The fourth-order valence-corrected chi connectivity index (χ4v) is 2.77. The number of phenols is 1. The second-order valence-corrected chi connectivity index (χ2v) is 6.44. The molecule has 0 saturated heterocycles. The van der Waals surface area contributed by atoms with E-state index in [1.54, 1.807) is 18.2 Å². The molecule has 0 aliphatic heterocycles. The van der Waals surface area contributed by atoms with E-state index in [0.29, 0.717) is 19.6 Å². The molecule has 5 nitrogen and oxygen atoms in total. The van der Waals surface area contributed by atoms with Crippen LogP contribution < -0.4 is 5.32 Å². The third kappa shape index (κ3) is 6.04. The molecule has 0 radical (unpaired) electrons. The van der Waals surface area contributed by atoms with Gasteiger partial charge in [-0.3, -0.25) is 0 Å². The average molecular weight is 286 g/mol. The monoisotopic (exact) mass is 286 g/mol. The summed E-state index contributed by atoms with van der Waals surface area (Å²) in [6.07, 6.45) is 2.00. The third-order valence-electron chi connectivity index (χ3n) is 2.82. The minimum Gasteiger partial charge on any atom is -0.508 e. The molecule has 0 fully saturated rings. The van der Waals surface area contributed by atoms with Crippen molar-refractivity contribution >= 4 is 10.0 Å². The highest BCUT2D eigenvalue weighted by Gasteiger charge is 2.12. The lowest BCUT2D eigenvalue weighted by Gasteiger charge is -2.17. The molecule has 0 spiro atoms. The zero-order valence-electron chi connectivity index (χ0n) is 11.5. The molecule has 0 unspecified atom stereocenters. The average Bonchev–Trinajstić information content (AvgIpc) is 2.32. The molecular formula is C13H22N2O3S. The van der Waals surface area contributed by atoms with Crippen molar-refractivity contribution in [1.29, 1.82) is 0 Å². The van der Waals surface area contributed by atoms with Crippen LogP contribution in [0.15, 0.2) is 24.3 Å². The molecule has 0 aliphatic carbocycles. The zero-order chi connectivity index (χ0) is 14.3. The normalized spacial score (nSPS) is 11.9. The molecule has 0 heterocycles. The van der Waals surface area contributed by atoms with Gasteiger partial charge in [-0.15, -0.1) is 0 Å². The summed E-state index contributed by atoms with van der Waals surface area (Å²) in [5, 5.41) is 12.5. The Hall–Kier alpha value is -1.11. The van der Waals surface area contributed by atoms with Crippen molar-refractivity contribution in [3.63, 3.8) is 0 Å². The SMILES string of the molecule is CCN(CCCNCc1cccc(O)c1)S(C)(=O)=O. The molecule has 1 aromatic rings. The lowest BCUT2D eigenvalue weighted by molar-refractivity contribution is 0.419. The van der Waals surface area contributed by atoms with Crippen LogP contribution in [0.3, 0.4) is 0 Å². The van der Waals surface area contributed by atoms with Crippen LogP contribution in [0.5, 0.6) is 5.75 Å². The van der Waals surface area contributed by atoms with Gasteiger partial charge in [0, 0.05) is 19.6 Å². The number of nitrogens with zero attached hydrogens (tertiary/aromatic N) is 1. The summed E-state index contributed by atoms with van der Waals surface area (Å²) >= 11 is 0. The molecule has 0 aliphatic rings. The van der Waals surface area contributed by atoms with Gasteiger partial charge in [-0.1, -0.05) is 19.1 Å². The van der Waals surface area contributed by atoms with E-state index in [2.05, 4.69) is 5.32 Å². The Kier molecular flexibility index (Phi) is 6.27. The molecule has 0 amide bonds. The summed E-state index contributed by atoms with van der Waals surface area (Å²) in [7, 11) is -3.09. The van der Waals surface area contributed by atoms with E-state index >= 15 is 0 Å². The van der Waals surface area contributed by atoms with E-state index in [4.69, 9.17) is 0 Å². The number of nitrogens with one attached hydrogen (secondary N) is 1. The van der Waals surface area contributed by atoms with E-state index in [1.165, 1.54) is 10.6 Å². The fourth-order valence-electron chi connectivity index (χ4n) is 1.84. The first-order valence-electron chi connectivity index (χ1n) is 6.37. The van der Waals surface area contributed by atoms with E-state index < -0.39 is 10.0 Å². The minimum atomic E-state index is -3.09. The molecule has 0 bridgehead atoms. The second-order valence-electron chi connectivity index (χ2n) is 4.45. The van der Waals surface area contributed by atoms with Gasteiger partial charge in [0.05, 0.1) is 6.26 Å². The number of hydrogen-bond donors (Lipinski definition) is 2. The Morgan fingerprint density at radius 3 is 2.68 bits per heavy atom. The van der Waals surface area contributed by atoms with Gasteiger partial charge in [-0.25, -0.2) is 12.7 Å². The summed E-state index contributed by atoms with van der Waals surface area (Å²) in [5.41, 5.74) is 1.01. The maximum absolute atomic E-state index is 11.4. The number of hydrogen-bond acceptors (Lipinski definition) is 4. The molecule has 0 atom stereocenters. The fraction of sp³-hybridized carbons (Fsp3) is 0.538. The third-order valence-corrected chi connectivity index (χ3v) is 4.20. The topological polar surface area (TPSA) is 69.6 Å². The predicted molar refractivity (Wildman–Crippen MR) is 76.5 cm³/mol. The van der Waals surface area contributed by atoms with Crippen LogP contribution in [0.1, 0.15) is 18.9 Å². The first-order valence-corrected chi connectivity index (χ1v) is 8.22. The van der Waals surface area contributed by atoms with Crippen molar-refractivity contribution in [2.75, 3.05) is 25.9 Å². The van der Waals surface area contributed by atoms with E-state index in [1.807, 2.05) is 13.0 Å². The molecule has 6 heteroatoms. The standard InChI is InChI=1S/C13H22N2O3S/c1-3-15(19(2,17)18)9-5-8-14-11-12-6-4-7-13(16)10-12/h4,6-7,10,14,16H,3,5,8-9,11H2,1-2H3. The number of phenolic OH excluding ortho intramolecular Hbond substituents is 1. The van der Waals surface area contributed by atoms with Gasteiger partial charge in [-0.05, 0) is 30.7 Å². The molecule has 2 N–H and O–H groups in total. The van der Waals surface area contributed by atoms with Crippen molar-refractivity contribution in [1.82, 2.24) is 9.62 Å². The first-order chi connectivity index (χ1) is 8.93. The Labute approximate surface area is 115 Å². The Morgan fingerprint density at radius 1 is 1.37 bits per heavy atom. The molecule has 19 heavy (non-hydrogen) atoms. The summed E-state index contributed by atoms with van der Waals surface area (Å²) in [6, 6.07) is 7.08. The molecule has 108 valence electrons. The highest BCUT2D eigenvalue weighted by molar-refractivity contribution is 7.88. The lowest BCUT2D eigenvalue weighted by Crippen LogP contribution is -2.32. The molecule has 1 aromatic carbocycles. The first kappa shape index (κ1) is 15.9. The van der Waals surface area contributed by atoms with Crippen LogP contribution >= 0.6 is 0 Å². The quantitative estimate of drug-likeness (QED) is 0.704. The Balaban J connectivity index is 2.25. The van der Waals surface area contributed by atoms with Crippen molar-refractivity contribution in [2.24, 2.45) is 0 Å². The van der Waals surface area contributed by atoms with Crippen molar-refractivity contribution in [2.45, 2.75) is 19.9 Å². The second kappa shape index (κ2) is 7.47. The molecular weight excluding hydrogens is 264 g/mol. The van der Waals surface area contributed by atoms with E-state index in [0.717, 1.165) is 18.5 Å². The van der Waals surface area contributed by atoms with Crippen molar-refractivity contribution in [3.8, 4) is 5.75 Å². The molecule has 1 rings (SSSR count). The number of sulfonamides is 1. The highest BCUT2D eigenvalue weighted by atomic mass is 32.2. The maximum atomic E-state index is 11.4. The Bertz CT molecular complexity index is 488. The van der Waals surface area contributed by atoms with Crippen LogP contribution in [0.4, 0.5) is 0 Å². The van der Waals surface area contributed by atoms with Crippen LogP contribution in [0.25, 0.3) is 0 Å². The van der Waals surface area contributed by atoms with Gasteiger partial charge < -0.3 is 10.4 Å². The van der Waals surface area contributed by atoms with Crippen LogP contribution in [-0.4, -0.2) is 43.7 Å². The summed E-state index contributed by atoms with van der Waals surface area (Å²) in [4.78, 5) is 0. The van der Waals surface area contributed by atoms with Gasteiger partial charge in [-0.2, -0.15) is 0 Å². The van der Waals surface area contributed by atoms with Gasteiger partial charge in [0.1, 0.15) is 5.75 Å². The van der Waals surface area contributed by atoms with Gasteiger partial charge in [0.25, 0.3) is 0 Å². The van der Waals surface area contributed by atoms with Crippen molar-refractivity contribution in [3.05, 3.63) is 29.8 Å². The summed E-state index contributed by atoms with van der Waals surface area (Å²) in [5.74, 6) is 0.258. The minimum absolute atomic E-state index is 0.258. The van der Waals surface area contributed by atoms with Gasteiger partial charge in [0.15, 0.2) is 0 Å². The zero-order valence-corrected chi connectivity index (χ0v) is 12.3. The van der Waals surface area contributed by atoms with Crippen LogP contribution in [0, 0.1) is 0 Å². The Morgan fingerprint density at radius 2 is 2.11 bits per heavy atom.